The van der Waals surface area contributed by atoms with Crippen molar-refractivity contribution < 1.29 is 9.18 Å². The summed E-state index contributed by atoms with van der Waals surface area (Å²) in [4.78, 5) is 38.6. The first-order chi connectivity index (χ1) is 12.8. The average Bonchev–Trinajstić information content (AvgIpc) is 2.66. The summed E-state index contributed by atoms with van der Waals surface area (Å²) in [5.41, 5.74) is 0.152. The van der Waals surface area contributed by atoms with E-state index in [1.165, 1.54) is 23.7 Å². The molecule has 1 aliphatic rings. The Hall–Kier alpha value is -2.90. The lowest BCUT2D eigenvalue weighted by Gasteiger charge is -2.34. The van der Waals surface area contributed by atoms with Crippen LogP contribution in [-0.4, -0.2) is 28.1 Å². The van der Waals surface area contributed by atoms with Gasteiger partial charge in [0.15, 0.2) is 0 Å². The number of benzene rings is 1. The maximum atomic E-state index is 13.7. The van der Waals surface area contributed by atoms with Crippen LogP contribution in [0.15, 0.2) is 33.9 Å². The Kier molecular flexibility index (Phi) is 5.16. The van der Waals surface area contributed by atoms with E-state index in [0.29, 0.717) is 36.6 Å². The number of rotatable bonds is 3. The number of nitrogens with one attached hydrogen (secondary N) is 1. The molecule has 0 saturated carbocycles. The maximum Gasteiger partial charge on any atom is 0.332 e. The predicted octanol–water partition coefficient (Wildman–Crippen LogP) is 1.39. The summed E-state index contributed by atoms with van der Waals surface area (Å²) >= 11 is 0. The summed E-state index contributed by atoms with van der Waals surface area (Å²) in [6.07, 6.45) is 1.44. The van der Waals surface area contributed by atoms with E-state index in [-0.39, 0.29) is 23.2 Å². The highest BCUT2D eigenvalue weighted by atomic mass is 19.1. The van der Waals surface area contributed by atoms with Crippen LogP contribution >= 0.6 is 0 Å². The fourth-order valence-electron chi connectivity index (χ4n) is 3.34. The molecule has 1 aliphatic heterocycles. The molecule has 0 unspecified atom stereocenters. The van der Waals surface area contributed by atoms with Crippen molar-refractivity contribution in [1.29, 1.82) is 0 Å². The number of nitrogens with zero attached hydrogens (tertiary/aromatic N) is 3. The van der Waals surface area contributed by atoms with Gasteiger partial charge in [0, 0.05) is 38.9 Å². The fourth-order valence-corrected chi connectivity index (χ4v) is 3.34. The molecule has 1 amide bonds. The zero-order valence-corrected chi connectivity index (χ0v) is 15.7. The van der Waals surface area contributed by atoms with Gasteiger partial charge in [-0.1, -0.05) is 6.07 Å². The van der Waals surface area contributed by atoms with Gasteiger partial charge in [-0.3, -0.25) is 18.7 Å². The topological polar surface area (TPSA) is 76.3 Å². The second-order valence-corrected chi connectivity index (χ2v) is 6.98. The van der Waals surface area contributed by atoms with Crippen LogP contribution in [0.3, 0.4) is 0 Å². The minimum absolute atomic E-state index is 0.197. The maximum absolute atomic E-state index is 13.7. The van der Waals surface area contributed by atoms with Gasteiger partial charge in [-0.2, -0.15) is 0 Å². The predicted molar refractivity (Wildman–Crippen MR) is 102 cm³/mol. The molecule has 1 fully saturated rings. The van der Waals surface area contributed by atoms with E-state index < -0.39 is 5.69 Å². The molecular formula is C19H23FN4O3. The second kappa shape index (κ2) is 7.38. The van der Waals surface area contributed by atoms with E-state index in [1.807, 2.05) is 4.90 Å². The van der Waals surface area contributed by atoms with Crippen LogP contribution in [0.2, 0.25) is 0 Å². The second-order valence-electron chi connectivity index (χ2n) is 6.98. The van der Waals surface area contributed by atoms with Gasteiger partial charge in [-0.05, 0) is 37.5 Å². The van der Waals surface area contributed by atoms with Crippen molar-refractivity contribution in [3.8, 4) is 0 Å². The molecule has 1 N–H and O–H groups in total. The normalized spacial score (nSPS) is 17.0. The molecule has 0 bridgehead atoms. The van der Waals surface area contributed by atoms with Crippen molar-refractivity contribution in [3.63, 3.8) is 0 Å². The van der Waals surface area contributed by atoms with Crippen molar-refractivity contribution in [3.05, 3.63) is 56.5 Å². The highest BCUT2D eigenvalue weighted by Gasteiger charge is 2.27. The minimum Gasteiger partial charge on any atom is -0.357 e. The molecule has 8 heteroatoms. The molecule has 7 nitrogen and oxygen atoms in total. The van der Waals surface area contributed by atoms with Crippen molar-refractivity contribution in [2.75, 3.05) is 23.3 Å². The molecule has 1 aromatic heterocycles. The number of piperidine rings is 1. The lowest BCUT2D eigenvalue weighted by Crippen LogP contribution is -2.45. The van der Waals surface area contributed by atoms with Crippen LogP contribution in [-0.2, 0) is 18.9 Å². The number of halogens is 1. The molecule has 144 valence electrons. The van der Waals surface area contributed by atoms with Crippen LogP contribution in [0.4, 0.5) is 15.9 Å². The third kappa shape index (κ3) is 3.79. The van der Waals surface area contributed by atoms with Gasteiger partial charge in [0.1, 0.15) is 11.6 Å². The van der Waals surface area contributed by atoms with Gasteiger partial charge < -0.3 is 10.2 Å². The first-order valence-electron chi connectivity index (χ1n) is 8.87. The highest BCUT2D eigenvalue weighted by Crippen LogP contribution is 2.23. The quantitative estimate of drug-likeness (QED) is 0.881. The molecular weight excluding hydrogens is 351 g/mol. The Morgan fingerprint density at radius 2 is 1.93 bits per heavy atom. The van der Waals surface area contributed by atoms with Gasteiger partial charge in [-0.15, -0.1) is 0 Å². The molecule has 27 heavy (non-hydrogen) atoms. The van der Waals surface area contributed by atoms with E-state index in [0.717, 1.165) is 11.0 Å². The molecule has 0 spiro atoms. The number of carbonyl (C=O) groups is 1. The molecule has 1 aromatic carbocycles. The summed E-state index contributed by atoms with van der Waals surface area (Å²) in [5.74, 6) is -0.380. The minimum atomic E-state index is -0.404. The van der Waals surface area contributed by atoms with Crippen molar-refractivity contribution in [2.24, 2.45) is 20.0 Å². The third-order valence-electron chi connectivity index (χ3n) is 5.06. The van der Waals surface area contributed by atoms with E-state index in [1.54, 1.807) is 26.1 Å². The number of anilines is 2. The summed E-state index contributed by atoms with van der Waals surface area (Å²) in [5, 5.41) is 2.76. The van der Waals surface area contributed by atoms with Crippen LogP contribution in [0.1, 0.15) is 18.4 Å². The Balaban J connectivity index is 1.78. The zero-order valence-electron chi connectivity index (χ0n) is 15.7. The molecule has 0 aliphatic carbocycles. The number of aryl methyl sites for hydroxylation is 1. The molecule has 2 heterocycles. The van der Waals surface area contributed by atoms with Gasteiger partial charge in [0.25, 0.3) is 5.56 Å². The van der Waals surface area contributed by atoms with Crippen molar-refractivity contribution >= 4 is 17.4 Å². The lowest BCUT2D eigenvalue weighted by molar-refractivity contribution is -0.120. The van der Waals surface area contributed by atoms with Gasteiger partial charge in [0.2, 0.25) is 5.91 Å². The number of carbonyl (C=O) groups excluding carboxylic acids is 1. The van der Waals surface area contributed by atoms with E-state index in [2.05, 4.69) is 5.32 Å². The summed E-state index contributed by atoms with van der Waals surface area (Å²) in [6, 6.07) is 6.00. The first kappa shape index (κ1) is 18.9. The highest BCUT2D eigenvalue weighted by molar-refractivity contribution is 5.93. The van der Waals surface area contributed by atoms with Crippen LogP contribution < -0.4 is 21.5 Å². The SMILES string of the molecule is Cc1ccc(NC(=O)[C@@H]2CCCN(c3cc(=O)n(C)c(=O)n3C)C2)cc1F. The number of amides is 1. The fraction of sp³-hybridized carbons (Fsp3) is 0.421. The van der Waals surface area contributed by atoms with E-state index in [9.17, 15) is 18.8 Å². The number of aromatic nitrogens is 2. The molecule has 1 saturated heterocycles. The zero-order chi connectivity index (χ0) is 19.7. The number of hydrogen-bond donors (Lipinski definition) is 1. The molecule has 2 aromatic rings. The molecule has 0 radical (unpaired) electrons. The van der Waals surface area contributed by atoms with E-state index >= 15 is 0 Å². The smallest absolute Gasteiger partial charge is 0.332 e. The van der Waals surface area contributed by atoms with Crippen molar-refractivity contribution in [1.82, 2.24) is 9.13 Å². The average molecular weight is 374 g/mol. The van der Waals surface area contributed by atoms with Gasteiger partial charge in [-0.25, -0.2) is 9.18 Å². The van der Waals surface area contributed by atoms with Crippen LogP contribution in [0, 0.1) is 18.7 Å². The van der Waals surface area contributed by atoms with Gasteiger partial charge >= 0.3 is 5.69 Å². The number of hydrogen-bond acceptors (Lipinski definition) is 4. The largest absolute Gasteiger partial charge is 0.357 e. The Labute approximate surface area is 156 Å². The molecule has 3 rings (SSSR count). The van der Waals surface area contributed by atoms with Crippen LogP contribution in [0.5, 0.6) is 0 Å². The summed E-state index contributed by atoms with van der Waals surface area (Å²) in [6.45, 7) is 2.71. The van der Waals surface area contributed by atoms with E-state index in [4.69, 9.17) is 0 Å². The summed E-state index contributed by atoms with van der Waals surface area (Å²) < 4.78 is 16.1. The lowest BCUT2D eigenvalue weighted by atomic mass is 9.97. The summed E-state index contributed by atoms with van der Waals surface area (Å²) in [7, 11) is 3.04. The standard InChI is InChI=1S/C19H23FN4O3/c1-12-6-7-14(9-15(12)20)21-18(26)13-5-4-8-24(11-13)16-10-17(25)23(3)19(27)22(16)2/h6-7,9-10,13H,4-5,8,11H2,1-3H3,(H,21,26)/t13-/m1/s1. The van der Waals surface area contributed by atoms with Crippen molar-refractivity contribution in [2.45, 2.75) is 19.8 Å². The van der Waals surface area contributed by atoms with Crippen LogP contribution in [0.25, 0.3) is 0 Å². The monoisotopic (exact) mass is 374 g/mol. The molecule has 1 atom stereocenters. The Morgan fingerprint density at radius 3 is 2.63 bits per heavy atom. The third-order valence-corrected chi connectivity index (χ3v) is 5.06. The van der Waals surface area contributed by atoms with Gasteiger partial charge in [0.05, 0.1) is 5.92 Å². The Bertz CT molecular complexity index is 995. The Morgan fingerprint density at radius 1 is 1.19 bits per heavy atom. The first-order valence-corrected chi connectivity index (χ1v) is 8.87.